The van der Waals surface area contributed by atoms with Gasteiger partial charge < -0.3 is 34.6 Å². The van der Waals surface area contributed by atoms with Crippen molar-refractivity contribution in [3.05, 3.63) is 44.6 Å². The van der Waals surface area contributed by atoms with Crippen LogP contribution < -0.4 is 14.8 Å². The molecule has 11 heteroatoms. The molecule has 0 fully saturated rings. The van der Waals surface area contributed by atoms with Crippen molar-refractivity contribution in [3.8, 4) is 11.5 Å². The topological polar surface area (TPSA) is 135 Å². The van der Waals surface area contributed by atoms with E-state index in [1.807, 2.05) is 50.3 Å². The molecule has 3 unspecified atom stereocenters. The predicted molar refractivity (Wildman–Crippen MR) is 155 cm³/mol. The third-order valence-electron chi connectivity index (χ3n) is 5.95. The van der Waals surface area contributed by atoms with Gasteiger partial charge in [0, 0.05) is 43.3 Å². The number of rotatable bonds is 14. The number of hydrogen-bond acceptors (Lipinski definition) is 8. The van der Waals surface area contributed by atoms with E-state index in [4.69, 9.17) is 14.2 Å². The molecule has 3 N–H and O–H groups in total. The largest absolute Gasteiger partial charge is 0.493 e. The number of nitrogens with zero attached hydrogens (tertiary/aromatic N) is 1. The number of ether oxygens (including phenoxy) is 3. The molecule has 3 atom stereocenters. The van der Waals surface area contributed by atoms with E-state index in [1.54, 1.807) is 11.0 Å². The van der Waals surface area contributed by atoms with Gasteiger partial charge in [-0.05, 0) is 74.9 Å². The highest BCUT2D eigenvalue weighted by molar-refractivity contribution is 14.1. The first-order chi connectivity index (χ1) is 18.5. The van der Waals surface area contributed by atoms with Gasteiger partial charge in [-0.3, -0.25) is 14.4 Å². The Balaban J connectivity index is 2.49. The second-order valence-electron chi connectivity index (χ2n) is 9.69. The number of hydrogen-bond donors (Lipinski definition) is 3. The van der Waals surface area contributed by atoms with Crippen molar-refractivity contribution in [2.45, 2.75) is 64.9 Å². The summed E-state index contributed by atoms with van der Waals surface area (Å²) >= 11 is 2.01. The molecule has 0 saturated carbocycles. The lowest BCUT2D eigenvalue weighted by molar-refractivity contribution is -0.134. The highest BCUT2D eigenvalue weighted by Crippen LogP contribution is 2.37. The molecule has 0 heterocycles. The smallest absolute Gasteiger partial charge is 0.247 e. The molecular formula is C28H39IN2O8. The maximum atomic E-state index is 13.3. The molecule has 0 aromatic heterocycles. The average molecular weight is 659 g/mol. The molecular weight excluding hydrogens is 619 g/mol. The van der Waals surface area contributed by atoms with Crippen molar-refractivity contribution >= 4 is 40.7 Å². The predicted octanol–water partition coefficient (Wildman–Crippen LogP) is 2.64. The minimum atomic E-state index is -1.19. The van der Waals surface area contributed by atoms with E-state index in [9.17, 15) is 24.6 Å². The zero-order chi connectivity index (χ0) is 29.1. The van der Waals surface area contributed by atoms with E-state index in [0.717, 1.165) is 5.57 Å². The quantitative estimate of drug-likeness (QED) is 0.120. The second-order valence-corrected chi connectivity index (χ2v) is 10.9. The number of aliphatic hydroxyl groups excluding tert-OH is 2. The minimum Gasteiger partial charge on any atom is -0.493 e. The molecule has 2 amide bonds. The molecule has 1 aliphatic carbocycles. The van der Waals surface area contributed by atoms with Crippen LogP contribution >= 0.6 is 22.6 Å². The highest BCUT2D eigenvalue weighted by Gasteiger charge is 2.40. The van der Waals surface area contributed by atoms with Gasteiger partial charge in [-0.1, -0.05) is 5.57 Å². The lowest BCUT2D eigenvalue weighted by Crippen LogP contribution is -2.55. The van der Waals surface area contributed by atoms with Crippen LogP contribution in [0.4, 0.5) is 0 Å². The third-order valence-corrected chi connectivity index (χ3v) is 6.75. The summed E-state index contributed by atoms with van der Waals surface area (Å²) in [5.74, 6) is -0.124. The van der Waals surface area contributed by atoms with Crippen LogP contribution in [-0.4, -0.2) is 91.0 Å². The summed E-state index contributed by atoms with van der Waals surface area (Å²) in [7, 11) is 1.44. The van der Waals surface area contributed by atoms with Crippen molar-refractivity contribution in [2.24, 2.45) is 0 Å². The van der Waals surface area contributed by atoms with Gasteiger partial charge in [0.05, 0.1) is 29.4 Å². The molecule has 39 heavy (non-hydrogen) atoms. The fourth-order valence-corrected chi connectivity index (χ4v) is 4.91. The van der Waals surface area contributed by atoms with Crippen LogP contribution in [0.15, 0.2) is 35.4 Å². The Morgan fingerprint density at radius 2 is 2.00 bits per heavy atom. The molecule has 1 aromatic carbocycles. The summed E-state index contributed by atoms with van der Waals surface area (Å²) in [6.45, 7) is 8.03. The molecule has 1 aromatic rings. The number of carbonyl (C=O) groups excluding carboxylic acids is 3. The number of carbonyl (C=O) groups is 3. The van der Waals surface area contributed by atoms with E-state index in [1.165, 1.54) is 25.3 Å². The molecule has 0 spiro atoms. The Kier molecular flexibility index (Phi) is 13.4. The normalized spacial score (nSPS) is 18.7. The standard InChI is InChI=1S/C28H39IN2O8/c1-17(2)11-25(34)31(8-6-10-38-18(3)4)22-14-20(28(36)30-7-9-32)15-23(26(22)35)39-27-21(29)12-19(16-33)13-24(27)37-5/h11-13,15-16,18,22-23,26,32,35H,6-10,14H2,1-5H3,(H,30,36). The van der Waals surface area contributed by atoms with Crippen LogP contribution in [0.1, 0.15) is 50.9 Å². The number of allylic oxidation sites excluding steroid dienone is 1. The summed E-state index contributed by atoms with van der Waals surface area (Å²) in [6, 6.07) is 2.36. The van der Waals surface area contributed by atoms with Gasteiger partial charge in [-0.25, -0.2) is 0 Å². The SMILES string of the molecule is COc1cc(C=O)cc(I)c1OC1C=C(C(=O)NCCO)CC(N(CCCOC(C)C)C(=O)C=C(C)C)C1O. The van der Waals surface area contributed by atoms with Gasteiger partial charge in [0.15, 0.2) is 11.5 Å². The highest BCUT2D eigenvalue weighted by atomic mass is 127. The number of benzene rings is 1. The van der Waals surface area contributed by atoms with Crippen molar-refractivity contribution in [1.29, 1.82) is 0 Å². The number of nitrogens with one attached hydrogen (secondary N) is 1. The van der Waals surface area contributed by atoms with Gasteiger partial charge in [0.25, 0.3) is 0 Å². The van der Waals surface area contributed by atoms with Gasteiger partial charge in [-0.2, -0.15) is 0 Å². The minimum absolute atomic E-state index is 0.0396. The fourth-order valence-electron chi connectivity index (χ4n) is 4.16. The second kappa shape index (κ2) is 15.9. The molecule has 2 rings (SSSR count). The van der Waals surface area contributed by atoms with Crippen LogP contribution in [0.2, 0.25) is 0 Å². The first kappa shape index (κ1) is 32.7. The maximum absolute atomic E-state index is 13.3. The number of amides is 2. The molecule has 216 valence electrons. The van der Waals surface area contributed by atoms with Crippen molar-refractivity contribution in [1.82, 2.24) is 10.2 Å². The summed E-state index contributed by atoms with van der Waals surface area (Å²) in [6.07, 6.45) is 2.18. The molecule has 10 nitrogen and oxygen atoms in total. The van der Waals surface area contributed by atoms with Crippen LogP contribution in [-0.2, 0) is 14.3 Å². The summed E-state index contributed by atoms with van der Waals surface area (Å²) in [5.41, 5.74) is 1.51. The first-order valence-corrected chi connectivity index (χ1v) is 13.9. The van der Waals surface area contributed by atoms with E-state index >= 15 is 0 Å². The van der Waals surface area contributed by atoms with Crippen LogP contribution in [0, 0.1) is 3.57 Å². The maximum Gasteiger partial charge on any atom is 0.247 e. The van der Waals surface area contributed by atoms with Gasteiger partial charge in [-0.15, -0.1) is 0 Å². The third kappa shape index (κ3) is 9.59. The number of halogens is 1. The van der Waals surface area contributed by atoms with Crippen LogP contribution in [0.5, 0.6) is 11.5 Å². The van der Waals surface area contributed by atoms with E-state index in [2.05, 4.69) is 5.32 Å². The number of aldehydes is 1. The molecule has 0 saturated heterocycles. The number of aliphatic hydroxyl groups is 2. The van der Waals surface area contributed by atoms with Crippen molar-refractivity contribution < 1.29 is 38.8 Å². The Labute approximate surface area is 243 Å². The van der Waals surface area contributed by atoms with E-state index in [-0.39, 0.29) is 31.6 Å². The lowest BCUT2D eigenvalue weighted by atomic mass is 9.88. The van der Waals surface area contributed by atoms with E-state index < -0.39 is 24.2 Å². The van der Waals surface area contributed by atoms with Crippen LogP contribution in [0.25, 0.3) is 0 Å². The van der Waals surface area contributed by atoms with E-state index in [0.29, 0.717) is 52.1 Å². The molecule has 0 aliphatic heterocycles. The van der Waals surface area contributed by atoms with Crippen LogP contribution in [0.3, 0.4) is 0 Å². The van der Waals surface area contributed by atoms with Crippen molar-refractivity contribution in [3.63, 3.8) is 0 Å². The Morgan fingerprint density at radius 3 is 2.59 bits per heavy atom. The fraction of sp³-hybridized carbons (Fsp3) is 0.536. The monoisotopic (exact) mass is 658 g/mol. The molecule has 1 aliphatic rings. The zero-order valence-corrected chi connectivity index (χ0v) is 25.3. The first-order valence-electron chi connectivity index (χ1n) is 12.9. The molecule has 0 bridgehead atoms. The van der Waals surface area contributed by atoms with Gasteiger partial charge in [0.1, 0.15) is 18.5 Å². The summed E-state index contributed by atoms with van der Waals surface area (Å²) in [5, 5.41) is 23.4. The van der Waals surface area contributed by atoms with Crippen molar-refractivity contribution in [2.75, 3.05) is 33.4 Å². The Morgan fingerprint density at radius 1 is 1.28 bits per heavy atom. The average Bonchev–Trinajstić information content (AvgIpc) is 2.88. The lowest BCUT2D eigenvalue weighted by Gasteiger charge is -2.40. The number of methoxy groups -OCH3 is 1. The summed E-state index contributed by atoms with van der Waals surface area (Å²) in [4.78, 5) is 39.2. The summed E-state index contributed by atoms with van der Waals surface area (Å²) < 4.78 is 17.9. The zero-order valence-electron chi connectivity index (χ0n) is 23.1. The molecule has 0 radical (unpaired) electrons. The van der Waals surface area contributed by atoms with Gasteiger partial charge in [0.2, 0.25) is 11.8 Å². The Bertz CT molecular complexity index is 1070. The Hall–Kier alpha value is -2.48. The van der Waals surface area contributed by atoms with Gasteiger partial charge >= 0.3 is 0 Å².